The van der Waals surface area contributed by atoms with Crippen molar-refractivity contribution in [3.8, 4) is 0 Å². The molecule has 13 heavy (non-hydrogen) atoms. The minimum Gasteiger partial charge on any atom is -0.286 e. The van der Waals surface area contributed by atoms with Gasteiger partial charge in [-0.25, -0.2) is 0 Å². The molecular formula is C3H5F5O3S2. The van der Waals surface area contributed by atoms with Gasteiger partial charge in [-0.3, -0.25) is 4.55 Å². The Morgan fingerprint density at radius 1 is 1.15 bits per heavy atom. The Kier molecular flexibility index (Phi) is 5.23. The highest BCUT2D eigenvalue weighted by molar-refractivity contribution is 7.85. The fourth-order valence-corrected chi connectivity index (χ4v) is 0. The molecule has 0 aromatic heterocycles. The van der Waals surface area contributed by atoms with E-state index in [1.54, 1.807) is 0 Å². The normalized spacial score (nSPS) is 13.2. The molecule has 0 fully saturated rings. The Morgan fingerprint density at radius 2 is 1.23 bits per heavy atom. The van der Waals surface area contributed by atoms with Crippen LogP contribution in [0.1, 0.15) is 0 Å². The molecule has 0 atom stereocenters. The van der Waals surface area contributed by atoms with Crippen molar-refractivity contribution >= 4 is 22.7 Å². The standard InChI is InChI=1S/C2HF5S.CH4O3S/c3-1(4,5)2(6,7)8;1-5(2,3)4/h8H;1H3,(H,2,3,4). The molecule has 0 aromatic carbocycles. The van der Waals surface area contributed by atoms with E-state index < -0.39 is 21.5 Å². The van der Waals surface area contributed by atoms with E-state index in [1.165, 1.54) is 0 Å². The van der Waals surface area contributed by atoms with Crippen LogP contribution in [0.3, 0.4) is 0 Å². The summed E-state index contributed by atoms with van der Waals surface area (Å²) in [6.45, 7) is 0. The molecule has 0 saturated heterocycles. The van der Waals surface area contributed by atoms with Crippen LogP contribution in [0.5, 0.6) is 0 Å². The molecule has 82 valence electrons. The maximum absolute atomic E-state index is 11.0. The summed E-state index contributed by atoms with van der Waals surface area (Å²) in [6, 6.07) is 0. The molecular weight excluding hydrogens is 243 g/mol. The number of hydrogen-bond donors (Lipinski definition) is 2. The van der Waals surface area contributed by atoms with Gasteiger partial charge in [-0.05, 0) is 0 Å². The minimum absolute atomic E-state index is 0.715. The zero-order chi connectivity index (χ0) is 11.5. The molecule has 0 aliphatic heterocycles. The average molecular weight is 248 g/mol. The Bertz CT molecular complexity index is 217. The van der Waals surface area contributed by atoms with Gasteiger partial charge in [-0.2, -0.15) is 30.4 Å². The Morgan fingerprint density at radius 3 is 1.23 bits per heavy atom. The van der Waals surface area contributed by atoms with E-state index in [0.717, 1.165) is 0 Å². The zero-order valence-corrected chi connectivity index (χ0v) is 7.72. The van der Waals surface area contributed by atoms with Crippen molar-refractivity contribution in [3.63, 3.8) is 0 Å². The third-order valence-electron chi connectivity index (χ3n) is 0.341. The summed E-state index contributed by atoms with van der Waals surface area (Å²) in [6.07, 6.45) is -4.82. The van der Waals surface area contributed by atoms with Crippen molar-refractivity contribution in [2.45, 2.75) is 11.4 Å². The van der Waals surface area contributed by atoms with Crippen LogP contribution < -0.4 is 0 Å². The van der Waals surface area contributed by atoms with Crippen molar-refractivity contribution in [2.75, 3.05) is 6.26 Å². The molecule has 3 nitrogen and oxygen atoms in total. The maximum atomic E-state index is 11.0. The molecule has 0 saturated carbocycles. The van der Waals surface area contributed by atoms with Gasteiger partial charge < -0.3 is 0 Å². The molecule has 0 radical (unpaired) electrons. The van der Waals surface area contributed by atoms with E-state index in [0.29, 0.717) is 6.26 Å². The van der Waals surface area contributed by atoms with Crippen LogP contribution >= 0.6 is 12.6 Å². The molecule has 0 aromatic rings. The summed E-state index contributed by atoms with van der Waals surface area (Å²) < 4.78 is 80.0. The Balaban J connectivity index is 0. The lowest BCUT2D eigenvalue weighted by Gasteiger charge is -2.11. The van der Waals surface area contributed by atoms with Crippen LogP contribution in [0, 0.1) is 0 Å². The Hall–Kier alpha value is -0.0900. The highest BCUT2D eigenvalue weighted by Crippen LogP contribution is 2.37. The van der Waals surface area contributed by atoms with Gasteiger partial charge >= 0.3 is 11.4 Å². The van der Waals surface area contributed by atoms with Crippen molar-refractivity contribution in [1.82, 2.24) is 0 Å². The van der Waals surface area contributed by atoms with E-state index in [4.69, 9.17) is 4.55 Å². The van der Waals surface area contributed by atoms with Crippen molar-refractivity contribution in [1.29, 1.82) is 0 Å². The summed E-state index contributed by atoms with van der Waals surface area (Å²) in [7, 11) is -3.67. The third kappa shape index (κ3) is 14.7. The van der Waals surface area contributed by atoms with Gasteiger partial charge in [0, 0.05) is 0 Å². The monoisotopic (exact) mass is 248 g/mol. The van der Waals surface area contributed by atoms with Gasteiger partial charge in [0.25, 0.3) is 10.1 Å². The second-order valence-electron chi connectivity index (χ2n) is 1.77. The maximum Gasteiger partial charge on any atom is 0.463 e. The highest BCUT2D eigenvalue weighted by atomic mass is 32.2. The van der Waals surface area contributed by atoms with E-state index >= 15 is 0 Å². The molecule has 0 aliphatic carbocycles. The number of halogens is 5. The molecule has 10 heteroatoms. The fraction of sp³-hybridized carbons (Fsp3) is 1.00. The van der Waals surface area contributed by atoms with Crippen LogP contribution in [-0.4, -0.2) is 30.7 Å². The molecule has 0 heterocycles. The largest absolute Gasteiger partial charge is 0.463 e. The molecule has 1 N–H and O–H groups in total. The average Bonchev–Trinajstić information content (AvgIpc) is 1.50. The van der Waals surface area contributed by atoms with Gasteiger partial charge in [-0.15, -0.1) is 0 Å². The quantitative estimate of drug-likeness (QED) is 0.389. The Labute approximate surface area is 76.1 Å². The first kappa shape index (κ1) is 15.4. The molecule has 0 bridgehead atoms. The predicted octanol–water partition coefficient (Wildman–Crippen LogP) is 1.58. The summed E-state index contributed by atoms with van der Waals surface area (Å²) >= 11 is 1.98. The van der Waals surface area contributed by atoms with Gasteiger partial charge in [0.2, 0.25) is 0 Å². The van der Waals surface area contributed by atoms with Crippen LogP contribution in [-0.2, 0) is 10.1 Å². The SMILES string of the molecule is CS(=O)(=O)O.FC(F)(F)C(F)(F)S. The number of hydrogen-bond acceptors (Lipinski definition) is 3. The first-order chi connectivity index (χ1) is 5.25. The van der Waals surface area contributed by atoms with E-state index in [1.807, 2.05) is 12.6 Å². The predicted molar refractivity (Wildman–Crippen MR) is 37.5 cm³/mol. The van der Waals surface area contributed by atoms with Gasteiger partial charge in [-0.1, -0.05) is 12.6 Å². The van der Waals surface area contributed by atoms with Crippen LogP contribution in [0.2, 0.25) is 0 Å². The minimum atomic E-state index is -5.53. The van der Waals surface area contributed by atoms with E-state index in [-0.39, 0.29) is 0 Å². The third-order valence-corrected chi connectivity index (χ3v) is 0.595. The fourth-order valence-electron chi connectivity index (χ4n) is 0. The van der Waals surface area contributed by atoms with Gasteiger partial charge in [0.15, 0.2) is 0 Å². The van der Waals surface area contributed by atoms with E-state index in [2.05, 4.69) is 0 Å². The molecule has 0 spiro atoms. The van der Waals surface area contributed by atoms with Crippen molar-refractivity contribution < 1.29 is 34.9 Å². The highest BCUT2D eigenvalue weighted by Gasteiger charge is 2.54. The summed E-state index contributed by atoms with van der Waals surface area (Å²) in [4.78, 5) is 0. The number of thiol groups is 1. The van der Waals surface area contributed by atoms with Crippen LogP contribution in [0.25, 0.3) is 0 Å². The summed E-state index contributed by atoms with van der Waals surface area (Å²) in [5.74, 6) is 0. The lowest BCUT2D eigenvalue weighted by molar-refractivity contribution is -0.236. The lowest BCUT2D eigenvalue weighted by atomic mass is 10.7. The summed E-state index contributed by atoms with van der Waals surface area (Å²) in [5, 5.41) is -4.87. The molecule has 0 aliphatic rings. The second-order valence-corrected chi connectivity index (χ2v) is 3.80. The summed E-state index contributed by atoms with van der Waals surface area (Å²) in [5.41, 5.74) is 0. The van der Waals surface area contributed by atoms with Crippen molar-refractivity contribution in [2.24, 2.45) is 0 Å². The molecule has 0 amide bonds. The smallest absolute Gasteiger partial charge is 0.286 e. The molecule has 0 rings (SSSR count). The second kappa shape index (κ2) is 4.42. The first-order valence-electron chi connectivity index (χ1n) is 2.34. The topological polar surface area (TPSA) is 54.4 Å². The van der Waals surface area contributed by atoms with Crippen molar-refractivity contribution in [3.05, 3.63) is 0 Å². The van der Waals surface area contributed by atoms with Crippen LogP contribution in [0.15, 0.2) is 0 Å². The number of alkyl halides is 5. The number of rotatable bonds is 0. The van der Waals surface area contributed by atoms with Crippen LogP contribution in [0.4, 0.5) is 22.0 Å². The van der Waals surface area contributed by atoms with E-state index in [9.17, 15) is 30.4 Å². The first-order valence-corrected chi connectivity index (χ1v) is 4.64. The lowest BCUT2D eigenvalue weighted by Crippen LogP contribution is -2.29. The van der Waals surface area contributed by atoms with Gasteiger partial charge in [0.05, 0.1) is 6.26 Å². The molecule has 0 unspecified atom stereocenters. The van der Waals surface area contributed by atoms with Gasteiger partial charge in [0.1, 0.15) is 0 Å². The zero-order valence-electron chi connectivity index (χ0n) is 6.01.